The first-order valence-corrected chi connectivity index (χ1v) is 4.32. The van der Waals surface area contributed by atoms with Crippen molar-refractivity contribution >= 4 is 0 Å². The maximum Gasteiger partial charge on any atom is 0.0218 e. The van der Waals surface area contributed by atoms with Crippen LogP contribution < -0.4 is 11.1 Å². The second kappa shape index (κ2) is 3.94. The Bertz CT molecular complexity index is 81.3. The number of hydrogen-bond acceptors (Lipinski definition) is 2. The van der Waals surface area contributed by atoms with E-state index in [9.17, 15) is 0 Å². The van der Waals surface area contributed by atoms with Crippen LogP contribution in [0, 0.1) is 5.92 Å². The van der Waals surface area contributed by atoms with E-state index in [1.54, 1.807) is 0 Å². The molecule has 1 saturated heterocycles. The second-order valence-electron chi connectivity index (χ2n) is 3.11. The third-order valence-electron chi connectivity index (χ3n) is 2.51. The van der Waals surface area contributed by atoms with Crippen LogP contribution >= 0.6 is 0 Å². The molecule has 0 saturated carbocycles. The Kier molecular flexibility index (Phi) is 3.16. The molecule has 2 atom stereocenters. The van der Waals surface area contributed by atoms with Gasteiger partial charge in [0.05, 0.1) is 0 Å². The molecule has 1 aliphatic heterocycles. The summed E-state index contributed by atoms with van der Waals surface area (Å²) in [6.07, 6.45) is 3.97. The predicted octanol–water partition coefficient (Wildman–Crippen LogP) is 0.723. The first kappa shape index (κ1) is 8.02. The van der Waals surface area contributed by atoms with E-state index in [1.165, 1.54) is 25.8 Å². The molecular formula is C8H18N2. The lowest BCUT2D eigenvalue weighted by Crippen LogP contribution is -2.45. The zero-order valence-electron chi connectivity index (χ0n) is 6.77. The Morgan fingerprint density at radius 3 is 2.90 bits per heavy atom. The van der Waals surface area contributed by atoms with Gasteiger partial charge < -0.3 is 11.1 Å². The van der Waals surface area contributed by atoms with Crippen molar-refractivity contribution in [3.8, 4) is 0 Å². The molecule has 1 unspecified atom stereocenters. The molecule has 0 radical (unpaired) electrons. The molecule has 0 aromatic heterocycles. The van der Waals surface area contributed by atoms with Crippen molar-refractivity contribution in [2.45, 2.75) is 32.2 Å². The smallest absolute Gasteiger partial charge is 0.0218 e. The van der Waals surface area contributed by atoms with E-state index in [4.69, 9.17) is 5.73 Å². The molecule has 3 N–H and O–H groups in total. The standard InChI is InChI=1S/C8H18N2/c1-2-7-4-3-5-10-8(7)6-9/h7-8,10H,2-6,9H2,1H3/t7?,8-/m1/s1. The highest BCUT2D eigenvalue weighted by molar-refractivity contribution is 4.80. The molecule has 0 amide bonds. The number of hydrogen-bond donors (Lipinski definition) is 2. The summed E-state index contributed by atoms with van der Waals surface area (Å²) in [5.41, 5.74) is 5.61. The topological polar surface area (TPSA) is 38.0 Å². The number of nitrogens with two attached hydrogens (primary N) is 1. The lowest BCUT2D eigenvalue weighted by atomic mass is 9.89. The van der Waals surface area contributed by atoms with Crippen molar-refractivity contribution in [3.63, 3.8) is 0 Å². The maximum absolute atomic E-state index is 5.61. The summed E-state index contributed by atoms with van der Waals surface area (Å²) in [5, 5.41) is 3.44. The fourth-order valence-electron chi connectivity index (χ4n) is 1.78. The molecule has 2 heteroatoms. The third kappa shape index (κ3) is 1.70. The molecule has 10 heavy (non-hydrogen) atoms. The van der Waals surface area contributed by atoms with Crippen LogP contribution in [0.4, 0.5) is 0 Å². The van der Waals surface area contributed by atoms with Crippen molar-refractivity contribution < 1.29 is 0 Å². The molecule has 0 aromatic rings. The minimum absolute atomic E-state index is 0.596. The molecule has 2 nitrogen and oxygen atoms in total. The van der Waals surface area contributed by atoms with Crippen molar-refractivity contribution in [2.24, 2.45) is 11.7 Å². The summed E-state index contributed by atoms with van der Waals surface area (Å²) in [4.78, 5) is 0. The Hall–Kier alpha value is -0.0800. The van der Waals surface area contributed by atoms with Gasteiger partial charge in [-0.25, -0.2) is 0 Å². The van der Waals surface area contributed by atoms with Gasteiger partial charge >= 0.3 is 0 Å². The molecule has 1 aliphatic rings. The average Bonchev–Trinajstić information content (AvgIpc) is 2.04. The molecule has 1 rings (SSSR count). The summed E-state index contributed by atoms with van der Waals surface area (Å²) in [7, 11) is 0. The van der Waals surface area contributed by atoms with Crippen LogP contribution in [0.25, 0.3) is 0 Å². The van der Waals surface area contributed by atoms with E-state index < -0.39 is 0 Å². The van der Waals surface area contributed by atoms with Crippen LogP contribution in [0.15, 0.2) is 0 Å². The zero-order valence-corrected chi connectivity index (χ0v) is 6.77. The molecule has 60 valence electrons. The van der Waals surface area contributed by atoms with Gasteiger partial charge in [0.15, 0.2) is 0 Å². The van der Waals surface area contributed by atoms with Crippen molar-refractivity contribution in [2.75, 3.05) is 13.1 Å². The van der Waals surface area contributed by atoms with E-state index in [1.807, 2.05) is 0 Å². The van der Waals surface area contributed by atoms with Gasteiger partial charge in [-0.3, -0.25) is 0 Å². The van der Waals surface area contributed by atoms with Crippen LogP contribution in [0.1, 0.15) is 26.2 Å². The first-order valence-electron chi connectivity index (χ1n) is 4.32. The van der Waals surface area contributed by atoms with Crippen molar-refractivity contribution in [1.82, 2.24) is 5.32 Å². The average molecular weight is 142 g/mol. The number of rotatable bonds is 2. The Balaban J connectivity index is 2.34. The number of nitrogens with one attached hydrogen (secondary N) is 1. The summed E-state index contributed by atoms with van der Waals surface area (Å²) < 4.78 is 0. The molecule has 0 aliphatic carbocycles. The highest BCUT2D eigenvalue weighted by Gasteiger charge is 2.20. The van der Waals surface area contributed by atoms with Gasteiger partial charge in [-0.05, 0) is 25.3 Å². The van der Waals surface area contributed by atoms with E-state index in [0.717, 1.165) is 12.5 Å². The van der Waals surface area contributed by atoms with Crippen LogP contribution in [-0.4, -0.2) is 19.1 Å². The monoisotopic (exact) mass is 142 g/mol. The van der Waals surface area contributed by atoms with E-state index >= 15 is 0 Å². The van der Waals surface area contributed by atoms with Crippen LogP contribution in [-0.2, 0) is 0 Å². The number of piperidine rings is 1. The highest BCUT2D eigenvalue weighted by atomic mass is 14.9. The SMILES string of the molecule is CCC1CCCN[C@@H]1CN. The molecule has 1 fully saturated rings. The second-order valence-corrected chi connectivity index (χ2v) is 3.11. The van der Waals surface area contributed by atoms with Crippen molar-refractivity contribution in [1.29, 1.82) is 0 Å². The summed E-state index contributed by atoms with van der Waals surface area (Å²) in [5.74, 6) is 0.832. The first-order chi connectivity index (χ1) is 4.88. The third-order valence-corrected chi connectivity index (χ3v) is 2.51. The van der Waals surface area contributed by atoms with Gasteiger partial charge in [0.2, 0.25) is 0 Å². The largest absolute Gasteiger partial charge is 0.329 e. The maximum atomic E-state index is 5.61. The van der Waals surface area contributed by atoms with E-state index in [2.05, 4.69) is 12.2 Å². The minimum Gasteiger partial charge on any atom is -0.329 e. The van der Waals surface area contributed by atoms with Crippen LogP contribution in [0.2, 0.25) is 0 Å². The Labute approximate surface area is 63.2 Å². The van der Waals surface area contributed by atoms with Gasteiger partial charge in [0.1, 0.15) is 0 Å². The molecule has 0 aromatic carbocycles. The molecular weight excluding hydrogens is 124 g/mol. The van der Waals surface area contributed by atoms with Crippen LogP contribution in [0.5, 0.6) is 0 Å². The normalized spacial score (nSPS) is 34.2. The lowest BCUT2D eigenvalue weighted by molar-refractivity contribution is 0.278. The quantitative estimate of drug-likeness (QED) is 0.596. The summed E-state index contributed by atoms with van der Waals surface area (Å²) in [6.45, 7) is 4.22. The van der Waals surface area contributed by atoms with Crippen LogP contribution in [0.3, 0.4) is 0 Å². The highest BCUT2D eigenvalue weighted by Crippen LogP contribution is 2.18. The molecule has 0 bridgehead atoms. The zero-order chi connectivity index (χ0) is 7.40. The lowest BCUT2D eigenvalue weighted by Gasteiger charge is -2.30. The minimum atomic E-state index is 0.596. The van der Waals surface area contributed by atoms with Gasteiger partial charge in [-0.1, -0.05) is 13.3 Å². The fraction of sp³-hybridized carbons (Fsp3) is 1.00. The summed E-state index contributed by atoms with van der Waals surface area (Å²) in [6, 6.07) is 0.596. The van der Waals surface area contributed by atoms with Gasteiger partial charge in [-0.2, -0.15) is 0 Å². The van der Waals surface area contributed by atoms with Gasteiger partial charge in [0, 0.05) is 12.6 Å². The van der Waals surface area contributed by atoms with E-state index in [0.29, 0.717) is 6.04 Å². The van der Waals surface area contributed by atoms with Crippen molar-refractivity contribution in [3.05, 3.63) is 0 Å². The van der Waals surface area contributed by atoms with Gasteiger partial charge in [0.25, 0.3) is 0 Å². The molecule has 1 heterocycles. The predicted molar refractivity (Wildman–Crippen MR) is 43.9 cm³/mol. The van der Waals surface area contributed by atoms with Gasteiger partial charge in [-0.15, -0.1) is 0 Å². The Morgan fingerprint density at radius 1 is 1.60 bits per heavy atom. The summed E-state index contributed by atoms with van der Waals surface area (Å²) >= 11 is 0. The molecule has 0 spiro atoms. The fourth-order valence-corrected chi connectivity index (χ4v) is 1.78. The van der Waals surface area contributed by atoms with E-state index in [-0.39, 0.29) is 0 Å². The Morgan fingerprint density at radius 2 is 2.40 bits per heavy atom.